The highest BCUT2D eigenvalue weighted by Gasteiger charge is 2.20. The van der Waals surface area contributed by atoms with E-state index in [9.17, 15) is 19.8 Å². The molecule has 6 heteroatoms. The van der Waals surface area contributed by atoms with Crippen LogP contribution in [0, 0.1) is 0 Å². The fourth-order valence-corrected chi connectivity index (χ4v) is 8.98. The lowest BCUT2D eigenvalue weighted by atomic mass is 10.0. The molecule has 2 atom stereocenters. The summed E-state index contributed by atoms with van der Waals surface area (Å²) in [5.41, 5.74) is 0. The molecular weight excluding hydrogens is 803 g/mol. The largest absolute Gasteiger partial charge is 0.466 e. The topological polar surface area (TPSA) is 95.9 Å². The van der Waals surface area contributed by atoms with Crippen molar-refractivity contribution in [2.45, 2.75) is 328 Å². The number of ether oxygens (including phenoxy) is 1. The van der Waals surface area contributed by atoms with Crippen molar-refractivity contribution in [2.75, 3.05) is 13.2 Å². The van der Waals surface area contributed by atoms with Crippen LogP contribution in [0.3, 0.4) is 0 Å². The summed E-state index contributed by atoms with van der Waals surface area (Å²) in [5, 5.41) is 23.2. The molecule has 0 saturated carbocycles. The third-order valence-electron chi connectivity index (χ3n) is 13.5. The van der Waals surface area contributed by atoms with E-state index in [4.69, 9.17) is 4.74 Å². The second-order valence-electron chi connectivity index (χ2n) is 20.0. The first-order valence-electron chi connectivity index (χ1n) is 29.1. The van der Waals surface area contributed by atoms with Crippen molar-refractivity contribution in [3.05, 3.63) is 24.3 Å². The van der Waals surface area contributed by atoms with Crippen LogP contribution in [-0.4, -0.2) is 47.4 Å². The minimum absolute atomic E-state index is 0.00144. The number of hydrogen-bond donors (Lipinski definition) is 3. The Morgan fingerprint density at radius 1 is 0.415 bits per heavy atom. The van der Waals surface area contributed by atoms with E-state index in [1.165, 1.54) is 238 Å². The molecule has 0 rings (SSSR count). The Hall–Kier alpha value is -1.66. The van der Waals surface area contributed by atoms with Crippen molar-refractivity contribution in [3.63, 3.8) is 0 Å². The molecule has 0 radical (unpaired) electrons. The molecule has 0 spiro atoms. The van der Waals surface area contributed by atoms with Crippen LogP contribution in [-0.2, 0) is 14.3 Å². The summed E-state index contributed by atoms with van der Waals surface area (Å²) in [7, 11) is 0. The van der Waals surface area contributed by atoms with Crippen LogP contribution in [0.2, 0.25) is 0 Å². The summed E-state index contributed by atoms with van der Waals surface area (Å²) < 4.78 is 5.47. The summed E-state index contributed by atoms with van der Waals surface area (Å²) in [5.74, 6) is -0.0406. The highest BCUT2D eigenvalue weighted by Crippen LogP contribution is 2.17. The van der Waals surface area contributed by atoms with Crippen LogP contribution in [0.15, 0.2) is 24.3 Å². The summed E-state index contributed by atoms with van der Waals surface area (Å²) >= 11 is 0. The van der Waals surface area contributed by atoms with Gasteiger partial charge >= 0.3 is 5.97 Å². The lowest BCUT2D eigenvalue weighted by Crippen LogP contribution is -2.45. The molecule has 1 amide bonds. The lowest BCUT2D eigenvalue weighted by Gasteiger charge is -2.22. The van der Waals surface area contributed by atoms with Gasteiger partial charge in [0.05, 0.1) is 25.4 Å². The summed E-state index contributed by atoms with van der Waals surface area (Å²) in [6.45, 7) is 4.94. The first kappa shape index (κ1) is 63.3. The van der Waals surface area contributed by atoms with E-state index in [-0.39, 0.29) is 18.5 Å². The normalized spacial score (nSPS) is 12.7. The molecule has 0 aliphatic heterocycles. The molecule has 0 aromatic carbocycles. The minimum atomic E-state index is -0.667. The first-order valence-corrected chi connectivity index (χ1v) is 29.1. The lowest BCUT2D eigenvalue weighted by molar-refractivity contribution is -0.143. The Kier molecular flexibility index (Phi) is 53.5. The molecule has 2 unspecified atom stereocenters. The van der Waals surface area contributed by atoms with Crippen LogP contribution in [0.25, 0.3) is 0 Å². The molecule has 0 bridgehead atoms. The van der Waals surface area contributed by atoms with E-state index >= 15 is 0 Å². The van der Waals surface area contributed by atoms with Crippen molar-refractivity contribution in [1.82, 2.24) is 5.32 Å². The smallest absolute Gasteiger partial charge is 0.305 e. The van der Waals surface area contributed by atoms with Gasteiger partial charge in [0.25, 0.3) is 0 Å². The maximum atomic E-state index is 12.4. The number of aliphatic hydroxyl groups excluding tert-OH is 2. The molecular formula is C59H113NO5. The van der Waals surface area contributed by atoms with Gasteiger partial charge < -0.3 is 20.3 Å². The molecule has 384 valence electrons. The van der Waals surface area contributed by atoms with Crippen LogP contribution in [0.4, 0.5) is 0 Å². The zero-order valence-electron chi connectivity index (χ0n) is 43.7. The van der Waals surface area contributed by atoms with Gasteiger partial charge in [-0.15, -0.1) is 0 Å². The SMILES string of the molecule is CCCCCCC/C=C\CCCCCCCC(=O)OCCCCCCCCCCCCC/C=C\CCCCCCCCCC(=O)NC(CO)C(O)CCCCCCCCCCCCCC. The fourth-order valence-electron chi connectivity index (χ4n) is 8.98. The van der Waals surface area contributed by atoms with Gasteiger partial charge in [0, 0.05) is 12.8 Å². The van der Waals surface area contributed by atoms with Gasteiger partial charge in [-0.05, 0) is 77.0 Å². The molecule has 0 aliphatic rings. The number of rotatable bonds is 54. The number of allylic oxidation sites excluding steroid dienone is 4. The number of nitrogens with one attached hydrogen (secondary N) is 1. The van der Waals surface area contributed by atoms with Gasteiger partial charge in [-0.1, -0.05) is 250 Å². The maximum Gasteiger partial charge on any atom is 0.305 e. The van der Waals surface area contributed by atoms with E-state index in [0.717, 1.165) is 44.9 Å². The van der Waals surface area contributed by atoms with Crippen LogP contribution in [0.5, 0.6) is 0 Å². The number of hydrogen-bond acceptors (Lipinski definition) is 5. The zero-order chi connectivity index (χ0) is 47.2. The van der Waals surface area contributed by atoms with E-state index in [2.05, 4.69) is 43.5 Å². The number of aliphatic hydroxyl groups is 2. The third kappa shape index (κ3) is 51.6. The molecule has 65 heavy (non-hydrogen) atoms. The highest BCUT2D eigenvalue weighted by molar-refractivity contribution is 5.76. The molecule has 0 saturated heterocycles. The van der Waals surface area contributed by atoms with Crippen molar-refractivity contribution in [1.29, 1.82) is 0 Å². The Balaban J connectivity index is 3.41. The van der Waals surface area contributed by atoms with Crippen molar-refractivity contribution < 1.29 is 24.5 Å². The van der Waals surface area contributed by atoms with Gasteiger partial charge in [0.2, 0.25) is 5.91 Å². The van der Waals surface area contributed by atoms with Crippen molar-refractivity contribution in [3.8, 4) is 0 Å². The summed E-state index contributed by atoms with van der Waals surface area (Å²) in [6.07, 6.45) is 66.0. The average Bonchev–Trinajstić information content (AvgIpc) is 3.31. The monoisotopic (exact) mass is 916 g/mol. The highest BCUT2D eigenvalue weighted by atomic mass is 16.5. The zero-order valence-corrected chi connectivity index (χ0v) is 43.7. The Bertz CT molecular complexity index is 1010. The Labute approximate surface area is 405 Å². The van der Waals surface area contributed by atoms with Gasteiger partial charge in [0.15, 0.2) is 0 Å². The Morgan fingerprint density at radius 3 is 1.09 bits per heavy atom. The maximum absolute atomic E-state index is 12.4. The predicted molar refractivity (Wildman–Crippen MR) is 283 cm³/mol. The van der Waals surface area contributed by atoms with Gasteiger partial charge in [-0.3, -0.25) is 9.59 Å². The second kappa shape index (κ2) is 54.9. The number of esters is 1. The molecule has 0 aromatic heterocycles. The number of carbonyl (C=O) groups excluding carboxylic acids is 2. The third-order valence-corrected chi connectivity index (χ3v) is 13.5. The summed E-state index contributed by atoms with van der Waals surface area (Å²) in [6, 6.07) is -0.545. The predicted octanol–water partition coefficient (Wildman–Crippen LogP) is 17.9. The molecule has 0 aromatic rings. The number of unbranched alkanes of at least 4 members (excludes halogenated alkanes) is 39. The van der Waals surface area contributed by atoms with Gasteiger partial charge in [-0.2, -0.15) is 0 Å². The van der Waals surface area contributed by atoms with E-state index < -0.39 is 12.1 Å². The number of carbonyl (C=O) groups is 2. The number of amides is 1. The van der Waals surface area contributed by atoms with Gasteiger partial charge in [0.1, 0.15) is 0 Å². The molecule has 3 N–H and O–H groups in total. The van der Waals surface area contributed by atoms with Crippen molar-refractivity contribution in [2.24, 2.45) is 0 Å². The minimum Gasteiger partial charge on any atom is -0.466 e. The molecule has 0 heterocycles. The Morgan fingerprint density at radius 2 is 0.723 bits per heavy atom. The van der Waals surface area contributed by atoms with E-state index in [1.807, 2.05) is 0 Å². The van der Waals surface area contributed by atoms with Crippen LogP contribution >= 0.6 is 0 Å². The quantitative estimate of drug-likeness (QED) is 0.0321. The standard InChI is InChI=1S/C59H113NO5/c1-3-5-7-9-11-13-15-17-29-33-37-41-45-49-53-59(64)65-54-50-46-42-38-34-30-27-25-23-21-19-18-20-22-24-26-28-32-36-40-44-48-52-58(63)60-56(55-61)57(62)51-47-43-39-35-31-16-14-12-10-8-6-4-2/h15,17,20,22,56-57,61-62H,3-14,16,18-19,21,23-55H2,1-2H3,(H,60,63)/b17-15-,22-20-. The summed E-state index contributed by atoms with van der Waals surface area (Å²) in [4.78, 5) is 24.5. The van der Waals surface area contributed by atoms with E-state index in [0.29, 0.717) is 25.9 Å². The molecule has 6 nitrogen and oxygen atoms in total. The second-order valence-corrected chi connectivity index (χ2v) is 20.0. The van der Waals surface area contributed by atoms with Crippen molar-refractivity contribution >= 4 is 11.9 Å². The average molecular weight is 917 g/mol. The van der Waals surface area contributed by atoms with Gasteiger partial charge in [-0.25, -0.2) is 0 Å². The van der Waals surface area contributed by atoms with Crippen LogP contribution < -0.4 is 5.32 Å². The van der Waals surface area contributed by atoms with Crippen LogP contribution in [0.1, 0.15) is 316 Å². The fraction of sp³-hybridized carbons (Fsp3) is 0.898. The molecule has 0 fully saturated rings. The van der Waals surface area contributed by atoms with E-state index in [1.54, 1.807) is 0 Å². The molecule has 0 aliphatic carbocycles. The first-order chi connectivity index (χ1) is 32.0.